The Morgan fingerprint density at radius 1 is 1.00 bits per heavy atom. The highest BCUT2D eigenvalue weighted by Gasteiger charge is 2.28. The Hall–Kier alpha value is -3.17. The summed E-state index contributed by atoms with van der Waals surface area (Å²) in [6.45, 7) is 4.46. The van der Waals surface area contributed by atoms with Gasteiger partial charge in [0.1, 0.15) is 5.69 Å². The molecule has 168 valence electrons. The SMILES string of the molecule is Cc1ccc(S(=O)(=O)N2CCCC2)cc1C(=O)Nc1c(C)n(C)n(-c2ccccc2)c1=O. The lowest BCUT2D eigenvalue weighted by atomic mass is 10.1. The number of nitrogens with one attached hydrogen (secondary N) is 1. The molecule has 2 aromatic carbocycles. The van der Waals surface area contributed by atoms with Crippen molar-refractivity contribution in [3.05, 3.63) is 75.7 Å². The smallest absolute Gasteiger partial charge is 0.295 e. The van der Waals surface area contributed by atoms with E-state index >= 15 is 0 Å². The van der Waals surface area contributed by atoms with Gasteiger partial charge >= 0.3 is 0 Å². The Morgan fingerprint density at radius 3 is 2.31 bits per heavy atom. The minimum Gasteiger partial charge on any atom is -0.316 e. The molecule has 32 heavy (non-hydrogen) atoms. The summed E-state index contributed by atoms with van der Waals surface area (Å²) in [6, 6.07) is 13.7. The van der Waals surface area contributed by atoms with E-state index in [1.54, 1.807) is 31.6 Å². The molecule has 8 nitrogen and oxygen atoms in total. The fourth-order valence-electron chi connectivity index (χ4n) is 3.98. The molecule has 0 bridgehead atoms. The Balaban J connectivity index is 1.69. The third kappa shape index (κ3) is 3.78. The lowest BCUT2D eigenvalue weighted by molar-refractivity contribution is 0.102. The van der Waals surface area contributed by atoms with Gasteiger partial charge in [-0.1, -0.05) is 24.3 Å². The number of aromatic nitrogens is 2. The molecule has 0 saturated carbocycles. The second kappa shape index (κ2) is 8.40. The highest BCUT2D eigenvalue weighted by molar-refractivity contribution is 7.89. The van der Waals surface area contributed by atoms with Crippen LogP contribution < -0.4 is 10.9 Å². The number of benzene rings is 2. The number of rotatable bonds is 5. The van der Waals surface area contributed by atoms with Gasteiger partial charge in [0.05, 0.1) is 16.3 Å². The molecule has 1 aliphatic heterocycles. The monoisotopic (exact) mass is 454 g/mol. The first-order chi connectivity index (χ1) is 15.2. The van der Waals surface area contributed by atoms with Gasteiger partial charge in [0, 0.05) is 25.7 Å². The molecule has 1 aromatic heterocycles. The van der Waals surface area contributed by atoms with E-state index in [2.05, 4.69) is 5.32 Å². The summed E-state index contributed by atoms with van der Waals surface area (Å²) in [5.41, 5.74) is 1.92. The predicted molar refractivity (Wildman–Crippen MR) is 123 cm³/mol. The van der Waals surface area contributed by atoms with Crippen LogP contribution in [0.1, 0.15) is 34.5 Å². The second-order valence-electron chi connectivity index (χ2n) is 7.98. The van der Waals surface area contributed by atoms with E-state index in [9.17, 15) is 18.0 Å². The summed E-state index contributed by atoms with van der Waals surface area (Å²) in [4.78, 5) is 26.3. The van der Waals surface area contributed by atoms with Gasteiger partial charge in [-0.05, 0) is 56.5 Å². The van der Waals surface area contributed by atoms with Gasteiger partial charge < -0.3 is 5.32 Å². The summed E-state index contributed by atoms with van der Waals surface area (Å²) < 4.78 is 30.5. The number of anilines is 1. The molecule has 1 N–H and O–H groups in total. The Morgan fingerprint density at radius 2 is 1.66 bits per heavy atom. The first-order valence-corrected chi connectivity index (χ1v) is 11.9. The fraction of sp³-hybridized carbons (Fsp3) is 0.304. The molecular formula is C23H26N4O4S. The van der Waals surface area contributed by atoms with E-state index in [0.717, 1.165) is 12.8 Å². The highest BCUT2D eigenvalue weighted by atomic mass is 32.2. The standard InChI is InChI=1S/C23H26N4O4S/c1-16-11-12-19(32(30,31)26-13-7-8-14-26)15-20(16)22(28)24-21-17(2)25(3)27(23(21)29)18-9-5-4-6-10-18/h4-6,9-12,15H,7-8,13-14H2,1-3H3,(H,24,28). The highest BCUT2D eigenvalue weighted by Crippen LogP contribution is 2.24. The number of nitrogens with zero attached hydrogens (tertiary/aromatic N) is 3. The van der Waals surface area contributed by atoms with Crippen molar-refractivity contribution in [1.29, 1.82) is 0 Å². The normalized spacial score (nSPS) is 14.6. The minimum absolute atomic E-state index is 0.0848. The fourth-order valence-corrected chi connectivity index (χ4v) is 5.52. The van der Waals surface area contributed by atoms with E-state index in [4.69, 9.17) is 0 Å². The Kier molecular flexibility index (Phi) is 5.79. The lowest BCUT2D eigenvalue weighted by Crippen LogP contribution is -2.28. The maximum atomic E-state index is 13.1. The molecule has 0 aliphatic carbocycles. The van der Waals surface area contributed by atoms with Crippen LogP contribution in [-0.2, 0) is 17.1 Å². The summed E-state index contributed by atoms with van der Waals surface area (Å²) in [5, 5.41) is 2.71. The summed E-state index contributed by atoms with van der Waals surface area (Å²) in [7, 11) is -1.91. The van der Waals surface area contributed by atoms with Crippen LogP contribution in [0.15, 0.2) is 58.2 Å². The number of para-hydroxylation sites is 1. The zero-order valence-corrected chi connectivity index (χ0v) is 19.1. The van der Waals surface area contributed by atoms with Gasteiger partial charge in [0.15, 0.2) is 0 Å². The van der Waals surface area contributed by atoms with Gasteiger partial charge in [-0.3, -0.25) is 14.3 Å². The number of hydrogen-bond acceptors (Lipinski definition) is 4. The molecule has 9 heteroatoms. The average molecular weight is 455 g/mol. The molecule has 4 rings (SSSR count). The largest absolute Gasteiger partial charge is 0.316 e. The van der Waals surface area contributed by atoms with Gasteiger partial charge in [0.2, 0.25) is 10.0 Å². The maximum Gasteiger partial charge on any atom is 0.295 e. The number of carbonyl (C=O) groups excluding carboxylic acids is 1. The van der Waals surface area contributed by atoms with Crippen LogP contribution in [0, 0.1) is 13.8 Å². The van der Waals surface area contributed by atoms with Crippen molar-refractivity contribution >= 4 is 21.6 Å². The number of hydrogen-bond donors (Lipinski definition) is 1. The van der Waals surface area contributed by atoms with Crippen molar-refractivity contribution in [2.45, 2.75) is 31.6 Å². The van der Waals surface area contributed by atoms with Gasteiger partial charge in [-0.15, -0.1) is 0 Å². The molecule has 1 aliphatic rings. The molecule has 3 aromatic rings. The Labute approximate surface area is 187 Å². The van der Waals surface area contributed by atoms with Crippen molar-refractivity contribution in [1.82, 2.24) is 13.7 Å². The van der Waals surface area contributed by atoms with E-state index in [1.165, 1.54) is 21.1 Å². The van der Waals surface area contributed by atoms with E-state index < -0.39 is 15.9 Å². The van der Waals surface area contributed by atoms with Crippen molar-refractivity contribution in [2.75, 3.05) is 18.4 Å². The molecule has 1 amide bonds. The maximum absolute atomic E-state index is 13.1. The summed E-state index contributed by atoms with van der Waals surface area (Å²) >= 11 is 0. The average Bonchev–Trinajstić information content (AvgIpc) is 3.39. The number of amides is 1. The third-order valence-corrected chi connectivity index (χ3v) is 7.84. The number of carbonyl (C=O) groups is 1. The first-order valence-electron chi connectivity index (χ1n) is 10.5. The van der Waals surface area contributed by atoms with Gasteiger partial charge in [-0.2, -0.15) is 4.31 Å². The molecule has 1 saturated heterocycles. The third-order valence-electron chi connectivity index (χ3n) is 5.95. The van der Waals surface area contributed by atoms with Crippen LogP contribution in [0.4, 0.5) is 5.69 Å². The molecule has 0 radical (unpaired) electrons. The Bertz CT molecular complexity index is 1330. The van der Waals surface area contributed by atoms with Crippen LogP contribution in [0.2, 0.25) is 0 Å². The van der Waals surface area contributed by atoms with Crippen LogP contribution in [0.25, 0.3) is 5.69 Å². The molecule has 0 atom stereocenters. The zero-order chi connectivity index (χ0) is 23.0. The van der Waals surface area contributed by atoms with Crippen LogP contribution in [0.5, 0.6) is 0 Å². The van der Waals surface area contributed by atoms with Crippen molar-refractivity contribution < 1.29 is 13.2 Å². The predicted octanol–water partition coefficient (Wildman–Crippen LogP) is 2.83. The number of sulfonamides is 1. The van der Waals surface area contributed by atoms with E-state index in [-0.39, 0.29) is 21.7 Å². The van der Waals surface area contributed by atoms with Gasteiger partial charge in [-0.25, -0.2) is 13.1 Å². The number of aryl methyl sites for hydroxylation is 1. The molecule has 1 fully saturated rings. The van der Waals surface area contributed by atoms with Crippen LogP contribution >= 0.6 is 0 Å². The molecular weight excluding hydrogens is 428 g/mol. The second-order valence-corrected chi connectivity index (χ2v) is 9.92. The molecule has 2 heterocycles. The molecule has 0 spiro atoms. The van der Waals surface area contributed by atoms with Crippen molar-refractivity contribution in [3.8, 4) is 5.69 Å². The van der Waals surface area contributed by atoms with Gasteiger partial charge in [0.25, 0.3) is 11.5 Å². The van der Waals surface area contributed by atoms with Crippen molar-refractivity contribution in [3.63, 3.8) is 0 Å². The quantitative estimate of drug-likeness (QED) is 0.642. The lowest BCUT2D eigenvalue weighted by Gasteiger charge is -2.16. The summed E-state index contributed by atoms with van der Waals surface area (Å²) in [5.74, 6) is -0.521. The topological polar surface area (TPSA) is 93.4 Å². The van der Waals surface area contributed by atoms with E-state index in [0.29, 0.717) is 30.0 Å². The van der Waals surface area contributed by atoms with Crippen LogP contribution in [-0.4, -0.2) is 41.1 Å². The first kappa shape index (κ1) is 22.0. The van der Waals surface area contributed by atoms with Crippen molar-refractivity contribution in [2.24, 2.45) is 7.05 Å². The van der Waals surface area contributed by atoms with E-state index in [1.807, 2.05) is 30.3 Å². The van der Waals surface area contributed by atoms with Crippen LogP contribution in [0.3, 0.4) is 0 Å². The minimum atomic E-state index is -3.66. The zero-order valence-electron chi connectivity index (χ0n) is 18.3. The summed E-state index contributed by atoms with van der Waals surface area (Å²) in [6.07, 6.45) is 1.67. The molecule has 0 unspecified atom stereocenters.